The lowest BCUT2D eigenvalue weighted by Gasteiger charge is -2.11. The van der Waals surface area contributed by atoms with Crippen molar-refractivity contribution >= 4 is 18.2 Å². The summed E-state index contributed by atoms with van der Waals surface area (Å²) < 4.78 is 1.84. The van der Waals surface area contributed by atoms with E-state index >= 15 is 0 Å². The summed E-state index contributed by atoms with van der Waals surface area (Å²) in [6.45, 7) is 1.07. The van der Waals surface area contributed by atoms with Crippen molar-refractivity contribution < 1.29 is 0 Å². The summed E-state index contributed by atoms with van der Waals surface area (Å²) in [6.07, 6.45) is 4.40. The predicted molar refractivity (Wildman–Crippen MR) is 50.2 cm³/mol. The number of nitrogen functional groups attached to an aromatic ring is 1. The van der Waals surface area contributed by atoms with Gasteiger partial charge in [-0.3, -0.25) is 5.32 Å². The van der Waals surface area contributed by atoms with E-state index < -0.39 is 0 Å². The van der Waals surface area contributed by atoms with Crippen LogP contribution in [-0.2, 0) is 0 Å². The van der Waals surface area contributed by atoms with Gasteiger partial charge in [-0.2, -0.15) is 5.10 Å². The van der Waals surface area contributed by atoms with Gasteiger partial charge in [0.1, 0.15) is 12.0 Å². The van der Waals surface area contributed by atoms with E-state index in [4.69, 9.17) is 5.73 Å². The first-order valence-corrected chi connectivity index (χ1v) is 3.90. The van der Waals surface area contributed by atoms with Gasteiger partial charge in [0.15, 0.2) is 0 Å². The third kappa shape index (κ3) is 1.54. The van der Waals surface area contributed by atoms with Crippen molar-refractivity contribution in [1.29, 1.82) is 0 Å². The minimum absolute atomic E-state index is 0. The molecular weight excluding hydrogens is 176 g/mol. The number of nitrogens with zero attached hydrogens (tertiary/aromatic N) is 2. The van der Waals surface area contributed by atoms with E-state index in [1.54, 1.807) is 6.20 Å². The van der Waals surface area contributed by atoms with Gasteiger partial charge in [-0.25, -0.2) is 4.68 Å². The molecule has 1 atom stereocenters. The van der Waals surface area contributed by atoms with Crippen LogP contribution in [0.1, 0.15) is 19.0 Å². The predicted octanol–water partition coefficient (Wildman–Crippen LogP) is 0.769. The van der Waals surface area contributed by atoms with Crippen LogP contribution in [0.3, 0.4) is 0 Å². The fraction of sp³-hybridized carbons (Fsp3) is 0.571. The Labute approximate surface area is 77.5 Å². The highest BCUT2D eigenvalue weighted by Gasteiger charge is 2.17. The van der Waals surface area contributed by atoms with Crippen LogP contribution < -0.4 is 11.1 Å². The number of rotatable bonds is 1. The van der Waals surface area contributed by atoms with Gasteiger partial charge in [0.05, 0.1) is 6.20 Å². The quantitative estimate of drug-likeness (QED) is 0.685. The molecule has 0 spiro atoms. The molecule has 1 aliphatic rings. The number of hydrogen-bond donors (Lipinski definition) is 2. The third-order valence-electron chi connectivity index (χ3n) is 2.03. The smallest absolute Gasteiger partial charge is 0.123 e. The molecule has 2 heterocycles. The highest BCUT2D eigenvalue weighted by molar-refractivity contribution is 5.85. The van der Waals surface area contributed by atoms with Crippen molar-refractivity contribution in [3.63, 3.8) is 0 Å². The Morgan fingerprint density at radius 3 is 3.00 bits per heavy atom. The highest BCUT2D eigenvalue weighted by atomic mass is 35.5. The van der Waals surface area contributed by atoms with Crippen LogP contribution in [0, 0.1) is 0 Å². The minimum Gasteiger partial charge on any atom is -0.384 e. The van der Waals surface area contributed by atoms with Crippen LogP contribution in [0.2, 0.25) is 0 Å². The van der Waals surface area contributed by atoms with Gasteiger partial charge in [0.2, 0.25) is 0 Å². The number of halogens is 1. The summed E-state index contributed by atoms with van der Waals surface area (Å²) in [7, 11) is 0. The Hall–Kier alpha value is -0.740. The molecule has 0 radical (unpaired) electrons. The Kier molecular flexibility index (Phi) is 2.94. The lowest BCUT2D eigenvalue weighted by molar-refractivity contribution is 0.431. The van der Waals surface area contributed by atoms with Gasteiger partial charge < -0.3 is 5.73 Å². The summed E-state index contributed by atoms with van der Waals surface area (Å²) in [5.74, 6) is 0.740. The number of anilines is 1. The Bertz CT molecular complexity index is 241. The van der Waals surface area contributed by atoms with Crippen molar-refractivity contribution in [3.05, 3.63) is 12.3 Å². The van der Waals surface area contributed by atoms with Crippen molar-refractivity contribution in [2.75, 3.05) is 12.3 Å². The first-order valence-electron chi connectivity index (χ1n) is 3.90. The molecule has 1 aliphatic heterocycles. The lowest BCUT2D eigenvalue weighted by atomic mass is 10.3. The number of nitrogens with two attached hydrogens (primary N) is 1. The zero-order valence-corrected chi connectivity index (χ0v) is 7.55. The van der Waals surface area contributed by atoms with Crippen molar-refractivity contribution in [3.8, 4) is 0 Å². The molecule has 68 valence electrons. The number of aromatic nitrogens is 2. The van der Waals surface area contributed by atoms with E-state index in [9.17, 15) is 0 Å². The molecule has 1 fully saturated rings. The van der Waals surface area contributed by atoms with Crippen molar-refractivity contribution in [1.82, 2.24) is 15.1 Å². The standard InChI is InChI=1S/C7H12N4.ClH/c8-6-3-5-10-11(6)7-2-1-4-9-7;/h3,5,7,9H,1-2,4,8H2;1H. The van der Waals surface area contributed by atoms with Crippen molar-refractivity contribution in [2.45, 2.75) is 19.0 Å². The fourth-order valence-corrected chi connectivity index (χ4v) is 1.46. The zero-order chi connectivity index (χ0) is 7.68. The molecule has 2 rings (SSSR count). The van der Waals surface area contributed by atoms with Crippen LogP contribution in [0.25, 0.3) is 0 Å². The second-order valence-electron chi connectivity index (χ2n) is 2.81. The molecule has 0 saturated carbocycles. The van der Waals surface area contributed by atoms with Crippen LogP contribution in [-0.4, -0.2) is 16.3 Å². The maximum atomic E-state index is 5.68. The molecule has 3 N–H and O–H groups in total. The van der Waals surface area contributed by atoms with E-state index in [0.717, 1.165) is 18.8 Å². The summed E-state index contributed by atoms with van der Waals surface area (Å²) in [5.41, 5.74) is 5.68. The number of hydrogen-bond acceptors (Lipinski definition) is 3. The molecule has 5 heteroatoms. The number of nitrogens with one attached hydrogen (secondary N) is 1. The molecule has 0 aromatic carbocycles. The molecule has 0 amide bonds. The summed E-state index contributed by atoms with van der Waals surface area (Å²) in [5, 5.41) is 7.45. The van der Waals surface area contributed by atoms with E-state index in [1.165, 1.54) is 6.42 Å². The van der Waals surface area contributed by atoms with Gasteiger partial charge >= 0.3 is 0 Å². The monoisotopic (exact) mass is 188 g/mol. The van der Waals surface area contributed by atoms with Crippen LogP contribution in [0.15, 0.2) is 12.3 Å². The minimum atomic E-state index is 0. The Morgan fingerprint density at radius 1 is 1.67 bits per heavy atom. The van der Waals surface area contributed by atoms with Gasteiger partial charge in [0, 0.05) is 6.07 Å². The largest absolute Gasteiger partial charge is 0.384 e. The molecule has 1 saturated heterocycles. The average Bonchev–Trinajstić information content (AvgIpc) is 2.55. The first-order chi connectivity index (χ1) is 5.38. The van der Waals surface area contributed by atoms with E-state index in [0.29, 0.717) is 6.17 Å². The third-order valence-corrected chi connectivity index (χ3v) is 2.03. The second-order valence-corrected chi connectivity index (χ2v) is 2.81. The molecule has 1 unspecified atom stereocenters. The van der Waals surface area contributed by atoms with Gasteiger partial charge in [-0.05, 0) is 19.4 Å². The molecule has 0 aliphatic carbocycles. The summed E-state index contributed by atoms with van der Waals surface area (Å²) in [4.78, 5) is 0. The molecule has 0 bridgehead atoms. The molecule has 4 nitrogen and oxygen atoms in total. The molecule has 1 aromatic heterocycles. The molecular formula is C7H13ClN4. The van der Waals surface area contributed by atoms with Gasteiger partial charge in [-0.15, -0.1) is 12.4 Å². The normalized spacial score (nSPS) is 22.2. The Morgan fingerprint density at radius 2 is 2.50 bits per heavy atom. The topological polar surface area (TPSA) is 55.9 Å². The zero-order valence-electron chi connectivity index (χ0n) is 6.73. The van der Waals surface area contributed by atoms with Gasteiger partial charge in [0.25, 0.3) is 0 Å². The second kappa shape index (κ2) is 3.78. The molecule has 1 aromatic rings. The van der Waals surface area contributed by atoms with Crippen LogP contribution in [0.5, 0.6) is 0 Å². The summed E-state index contributed by atoms with van der Waals surface area (Å²) in [6, 6.07) is 1.82. The summed E-state index contributed by atoms with van der Waals surface area (Å²) >= 11 is 0. The lowest BCUT2D eigenvalue weighted by Crippen LogP contribution is -2.22. The van der Waals surface area contributed by atoms with Crippen LogP contribution in [0.4, 0.5) is 5.82 Å². The maximum absolute atomic E-state index is 5.68. The molecule has 12 heavy (non-hydrogen) atoms. The maximum Gasteiger partial charge on any atom is 0.123 e. The first kappa shape index (κ1) is 9.35. The van der Waals surface area contributed by atoms with E-state index in [-0.39, 0.29) is 12.4 Å². The fourth-order valence-electron chi connectivity index (χ4n) is 1.46. The SMILES string of the molecule is Cl.Nc1ccnn1C1CCCN1. The van der Waals surface area contributed by atoms with E-state index in [2.05, 4.69) is 10.4 Å². The Balaban J connectivity index is 0.000000720. The highest BCUT2D eigenvalue weighted by Crippen LogP contribution is 2.17. The van der Waals surface area contributed by atoms with Crippen LogP contribution >= 0.6 is 12.4 Å². The van der Waals surface area contributed by atoms with Crippen molar-refractivity contribution in [2.24, 2.45) is 0 Å². The van der Waals surface area contributed by atoms with Gasteiger partial charge in [-0.1, -0.05) is 0 Å². The average molecular weight is 189 g/mol. The van der Waals surface area contributed by atoms with E-state index in [1.807, 2.05) is 10.7 Å².